The van der Waals surface area contributed by atoms with E-state index in [-0.39, 0.29) is 5.91 Å². The van der Waals surface area contributed by atoms with E-state index in [4.69, 9.17) is 4.74 Å². The third kappa shape index (κ3) is 4.56. The SMILES string of the molecule is CCOc1ccc(Nc2ncccc2C(=O)N2CCCC(c3nccs3)C2)cc1. The summed E-state index contributed by atoms with van der Waals surface area (Å²) in [6.45, 7) is 4.04. The molecule has 0 saturated carbocycles. The van der Waals surface area contributed by atoms with Crippen molar-refractivity contribution in [2.75, 3.05) is 25.0 Å². The number of nitrogens with zero attached hydrogens (tertiary/aromatic N) is 3. The average molecular weight is 409 g/mol. The number of carbonyl (C=O) groups is 1. The van der Waals surface area contributed by atoms with E-state index in [0.29, 0.717) is 30.5 Å². The number of piperidine rings is 1. The lowest BCUT2D eigenvalue weighted by Crippen LogP contribution is -2.39. The van der Waals surface area contributed by atoms with Crippen LogP contribution in [0.4, 0.5) is 11.5 Å². The summed E-state index contributed by atoms with van der Waals surface area (Å²) in [6, 6.07) is 11.3. The molecule has 1 fully saturated rings. The van der Waals surface area contributed by atoms with E-state index in [0.717, 1.165) is 35.8 Å². The number of hydrogen-bond donors (Lipinski definition) is 1. The molecular weight excluding hydrogens is 384 g/mol. The van der Waals surface area contributed by atoms with E-state index in [1.807, 2.05) is 53.7 Å². The summed E-state index contributed by atoms with van der Waals surface area (Å²) in [6.07, 6.45) is 5.59. The van der Waals surface area contributed by atoms with Crippen LogP contribution in [-0.4, -0.2) is 40.5 Å². The van der Waals surface area contributed by atoms with Crippen LogP contribution in [0.2, 0.25) is 0 Å². The molecule has 3 heterocycles. The zero-order valence-electron chi connectivity index (χ0n) is 16.4. The highest BCUT2D eigenvalue weighted by molar-refractivity contribution is 7.09. The lowest BCUT2D eigenvalue weighted by molar-refractivity contribution is 0.0707. The Labute approximate surface area is 174 Å². The van der Waals surface area contributed by atoms with E-state index in [2.05, 4.69) is 15.3 Å². The van der Waals surface area contributed by atoms with Crippen LogP contribution in [0, 0.1) is 0 Å². The van der Waals surface area contributed by atoms with Crippen molar-refractivity contribution >= 4 is 28.7 Å². The molecule has 0 radical (unpaired) electrons. The van der Waals surface area contributed by atoms with Crippen LogP contribution in [0.1, 0.15) is 41.0 Å². The Morgan fingerprint density at radius 2 is 2.10 bits per heavy atom. The molecule has 3 aromatic rings. The first-order chi connectivity index (χ1) is 14.2. The fraction of sp³-hybridized carbons (Fsp3) is 0.318. The maximum atomic E-state index is 13.3. The first kappa shape index (κ1) is 19.4. The minimum Gasteiger partial charge on any atom is -0.494 e. The number of anilines is 2. The fourth-order valence-electron chi connectivity index (χ4n) is 3.58. The van der Waals surface area contributed by atoms with Gasteiger partial charge in [0, 0.05) is 42.5 Å². The molecule has 2 aromatic heterocycles. The van der Waals surface area contributed by atoms with Gasteiger partial charge in [-0.25, -0.2) is 9.97 Å². The van der Waals surface area contributed by atoms with Crippen molar-refractivity contribution in [1.29, 1.82) is 0 Å². The second kappa shape index (κ2) is 9.05. The molecule has 1 atom stereocenters. The van der Waals surface area contributed by atoms with Gasteiger partial charge in [0.2, 0.25) is 0 Å². The quantitative estimate of drug-likeness (QED) is 0.640. The van der Waals surface area contributed by atoms with Crippen molar-refractivity contribution in [3.8, 4) is 5.75 Å². The monoisotopic (exact) mass is 408 g/mol. The molecular formula is C22H24N4O2S. The number of thiazole rings is 1. The van der Waals surface area contributed by atoms with Crippen molar-refractivity contribution in [3.05, 3.63) is 64.7 Å². The largest absolute Gasteiger partial charge is 0.494 e. The molecule has 0 aliphatic carbocycles. The highest BCUT2D eigenvalue weighted by Gasteiger charge is 2.28. The maximum Gasteiger partial charge on any atom is 0.257 e. The Balaban J connectivity index is 1.50. The minimum absolute atomic E-state index is 0.00722. The first-order valence-corrected chi connectivity index (χ1v) is 10.8. The van der Waals surface area contributed by atoms with E-state index >= 15 is 0 Å². The number of pyridine rings is 1. The molecule has 7 heteroatoms. The number of carbonyl (C=O) groups excluding carboxylic acids is 1. The molecule has 1 amide bonds. The molecule has 1 aromatic carbocycles. The molecule has 1 aliphatic heterocycles. The lowest BCUT2D eigenvalue weighted by Gasteiger charge is -2.32. The Hall–Kier alpha value is -2.93. The highest BCUT2D eigenvalue weighted by atomic mass is 32.1. The molecule has 6 nitrogen and oxygen atoms in total. The summed E-state index contributed by atoms with van der Waals surface area (Å²) < 4.78 is 5.48. The Kier molecular flexibility index (Phi) is 6.05. The van der Waals surface area contributed by atoms with Gasteiger partial charge >= 0.3 is 0 Å². The van der Waals surface area contributed by atoms with E-state index in [1.165, 1.54) is 0 Å². The number of likely N-dealkylation sites (tertiary alicyclic amines) is 1. The number of ether oxygens (including phenoxy) is 1. The lowest BCUT2D eigenvalue weighted by atomic mass is 9.98. The second-order valence-corrected chi connectivity index (χ2v) is 7.87. The number of rotatable bonds is 6. The van der Waals surface area contributed by atoms with Gasteiger partial charge in [-0.1, -0.05) is 0 Å². The zero-order chi connectivity index (χ0) is 20.1. The normalized spacial score (nSPS) is 16.4. The summed E-state index contributed by atoms with van der Waals surface area (Å²) in [4.78, 5) is 24.1. The molecule has 29 heavy (non-hydrogen) atoms. The highest BCUT2D eigenvalue weighted by Crippen LogP contribution is 2.30. The molecule has 1 saturated heterocycles. The molecule has 1 aliphatic rings. The summed E-state index contributed by atoms with van der Waals surface area (Å²) >= 11 is 1.66. The summed E-state index contributed by atoms with van der Waals surface area (Å²) in [7, 11) is 0. The van der Waals surface area contributed by atoms with Gasteiger partial charge in [0.05, 0.1) is 17.2 Å². The van der Waals surface area contributed by atoms with Crippen LogP contribution in [0.3, 0.4) is 0 Å². The number of amides is 1. The zero-order valence-corrected chi connectivity index (χ0v) is 17.2. The standard InChI is InChI=1S/C22H24N4O2S/c1-2-28-18-9-7-17(8-10-18)25-20-19(6-3-11-23-20)22(27)26-13-4-5-16(15-26)21-24-12-14-29-21/h3,6-12,14,16H,2,4-5,13,15H2,1H3,(H,23,25). The van der Waals surface area contributed by atoms with Crippen molar-refractivity contribution in [3.63, 3.8) is 0 Å². The molecule has 1 N–H and O–H groups in total. The van der Waals surface area contributed by atoms with Crippen LogP contribution in [0.25, 0.3) is 0 Å². The minimum atomic E-state index is 0.00722. The van der Waals surface area contributed by atoms with Crippen molar-refractivity contribution < 1.29 is 9.53 Å². The van der Waals surface area contributed by atoms with Crippen molar-refractivity contribution in [1.82, 2.24) is 14.9 Å². The van der Waals surface area contributed by atoms with Crippen LogP contribution in [0.15, 0.2) is 54.2 Å². The number of hydrogen-bond acceptors (Lipinski definition) is 6. The smallest absolute Gasteiger partial charge is 0.257 e. The van der Waals surface area contributed by atoms with E-state index in [9.17, 15) is 4.79 Å². The number of nitrogens with one attached hydrogen (secondary N) is 1. The summed E-state index contributed by atoms with van der Waals surface area (Å²) in [5.74, 6) is 1.70. The third-order valence-electron chi connectivity index (χ3n) is 4.98. The molecule has 150 valence electrons. The van der Waals surface area contributed by atoms with Gasteiger partial charge in [-0.3, -0.25) is 4.79 Å². The van der Waals surface area contributed by atoms with Crippen molar-refractivity contribution in [2.45, 2.75) is 25.7 Å². The van der Waals surface area contributed by atoms with Gasteiger partial charge < -0.3 is 15.0 Å². The van der Waals surface area contributed by atoms with Gasteiger partial charge in [-0.2, -0.15) is 0 Å². The first-order valence-electron chi connectivity index (χ1n) is 9.88. The van der Waals surface area contributed by atoms with Gasteiger partial charge in [0.25, 0.3) is 5.91 Å². The predicted molar refractivity (Wildman–Crippen MR) is 115 cm³/mol. The van der Waals surface area contributed by atoms with E-state index in [1.54, 1.807) is 23.6 Å². The third-order valence-corrected chi connectivity index (χ3v) is 5.91. The molecule has 0 spiro atoms. The van der Waals surface area contributed by atoms with Crippen LogP contribution in [0.5, 0.6) is 5.75 Å². The van der Waals surface area contributed by atoms with Crippen LogP contribution in [-0.2, 0) is 0 Å². The van der Waals surface area contributed by atoms with Crippen LogP contribution < -0.4 is 10.1 Å². The molecule has 1 unspecified atom stereocenters. The maximum absolute atomic E-state index is 13.3. The van der Waals surface area contributed by atoms with Crippen molar-refractivity contribution in [2.24, 2.45) is 0 Å². The Morgan fingerprint density at radius 3 is 2.86 bits per heavy atom. The second-order valence-electron chi connectivity index (χ2n) is 6.94. The fourth-order valence-corrected chi connectivity index (χ4v) is 4.35. The van der Waals surface area contributed by atoms with Gasteiger partial charge in [0.15, 0.2) is 0 Å². The summed E-state index contributed by atoms with van der Waals surface area (Å²) in [5, 5.41) is 6.38. The molecule has 0 bridgehead atoms. The number of benzene rings is 1. The topological polar surface area (TPSA) is 67.3 Å². The average Bonchev–Trinajstić information content (AvgIpc) is 3.30. The predicted octanol–water partition coefficient (Wildman–Crippen LogP) is 4.70. The Morgan fingerprint density at radius 1 is 1.24 bits per heavy atom. The van der Waals surface area contributed by atoms with Crippen LogP contribution >= 0.6 is 11.3 Å². The number of aromatic nitrogens is 2. The van der Waals surface area contributed by atoms with Gasteiger partial charge in [-0.05, 0) is 56.2 Å². The molecule has 4 rings (SSSR count). The van der Waals surface area contributed by atoms with Gasteiger partial charge in [0.1, 0.15) is 11.6 Å². The summed E-state index contributed by atoms with van der Waals surface area (Å²) in [5.41, 5.74) is 1.45. The van der Waals surface area contributed by atoms with Gasteiger partial charge in [-0.15, -0.1) is 11.3 Å². The van der Waals surface area contributed by atoms with E-state index < -0.39 is 0 Å². The Bertz CT molecular complexity index is 944.